The summed E-state index contributed by atoms with van der Waals surface area (Å²) >= 11 is 0. The van der Waals surface area contributed by atoms with Crippen molar-refractivity contribution in [2.24, 2.45) is 0 Å². The number of hydrogen-bond acceptors (Lipinski definition) is 2. The van der Waals surface area contributed by atoms with Crippen LogP contribution in [0.3, 0.4) is 0 Å². The van der Waals surface area contributed by atoms with Gasteiger partial charge < -0.3 is 10.6 Å². The van der Waals surface area contributed by atoms with Crippen molar-refractivity contribution in [3.05, 3.63) is 65.7 Å². The van der Waals surface area contributed by atoms with Crippen LogP contribution in [-0.4, -0.2) is 11.8 Å². The Kier molecular flexibility index (Phi) is 4.21. The molecular weight excluding hydrogens is 300 g/mol. The molecule has 0 bridgehead atoms. The average molecular weight is 320 g/mol. The fourth-order valence-electron chi connectivity index (χ4n) is 2.93. The fourth-order valence-corrected chi connectivity index (χ4v) is 2.93. The number of carbonyl (C=O) groups excluding carboxylic acids is 2. The first-order chi connectivity index (χ1) is 11.4. The molecule has 24 heavy (non-hydrogen) atoms. The monoisotopic (exact) mass is 320 g/mol. The van der Waals surface area contributed by atoms with Crippen molar-refractivity contribution in [1.82, 2.24) is 0 Å². The molecule has 0 aromatic heterocycles. The predicted octanol–water partition coefficient (Wildman–Crippen LogP) is 3.96. The van der Waals surface area contributed by atoms with Gasteiger partial charge in [-0.05, 0) is 29.3 Å². The van der Waals surface area contributed by atoms with Gasteiger partial charge in [-0.1, -0.05) is 50.2 Å². The third-order valence-corrected chi connectivity index (χ3v) is 4.12. The smallest absolute Gasteiger partial charge is 0.248 e. The lowest BCUT2D eigenvalue weighted by Gasteiger charge is -2.32. The van der Waals surface area contributed by atoms with Gasteiger partial charge in [-0.2, -0.15) is 0 Å². The number of rotatable bonds is 3. The lowest BCUT2D eigenvalue weighted by molar-refractivity contribution is -0.117. The van der Waals surface area contributed by atoms with Crippen LogP contribution in [0.5, 0.6) is 0 Å². The highest BCUT2D eigenvalue weighted by molar-refractivity contribution is 6.03. The van der Waals surface area contributed by atoms with Gasteiger partial charge in [-0.25, -0.2) is 0 Å². The molecule has 4 nitrogen and oxygen atoms in total. The molecule has 2 aromatic carbocycles. The third kappa shape index (κ3) is 3.54. The van der Waals surface area contributed by atoms with E-state index >= 15 is 0 Å². The molecule has 0 aliphatic carbocycles. The van der Waals surface area contributed by atoms with Crippen molar-refractivity contribution in [1.29, 1.82) is 0 Å². The molecule has 122 valence electrons. The van der Waals surface area contributed by atoms with Crippen LogP contribution in [0.15, 0.2) is 54.6 Å². The van der Waals surface area contributed by atoms with E-state index in [0.717, 1.165) is 16.8 Å². The summed E-state index contributed by atoms with van der Waals surface area (Å²) in [6.07, 6.45) is 3.72. The molecule has 0 fully saturated rings. The van der Waals surface area contributed by atoms with E-state index in [9.17, 15) is 9.59 Å². The van der Waals surface area contributed by atoms with Gasteiger partial charge in [0.1, 0.15) is 0 Å². The summed E-state index contributed by atoms with van der Waals surface area (Å²) in [7, 11) is 0. The van der Waals surface area contributed by atoms with Gasteiger partial charge in [0.05, 0.1) is 0 Å². The molecule has 0 saturated carbocycles. The second kappa shape index (κ2) is 6.32. The molecule has 1 heterocycles. The number of benzene rings is 2. The largest absolute Gasteiger partial charge is 0.326 e. The Labute approximate surface area is 141 Å². The molecule has 0 atom stereocenters. The van der Waals surface area contributed by atoms with Crippen LogP contribution < -0.4 is 10.6 Å². The minimum Gasteiger partial charge on any atom is -0.326 e. The van der Waals surface area contributed by atoms with Crippen LogP contribution in [0.2, 0.25) is 0 Å². The molecule has 0 unspecified atom stereocenters. The van der Waals surface area contributed by atoms with E-state index in [2.05, 4.69) is 10.6 Å². The van der Waals surface area contributed by atoms with E-state index in [1.54, 1.807) is 6.08 Å². The number of hydrogen-bond donors (Lipinski definition) is 2. The Bertz CT molecular complexity index is 808. The molecule has 2 N–H and O–H groups in total. The van der Waals surface area contributed by atoms with Gasteiger partial charge in [0.2, 0.25) is 11.8 Å². The van der Waals surface area contributed by atoms with Crippen molar-refractivity contribution in [3.8, 4) is 0 Å². The summed E-state index contributed by atoms with van der Waals surface area (Å²) in [5, 5.41) is 5.71. The first-order valence-corrected chi connectivity index (χ1v) is 7.92. The van der Waals surface area contributed by atoms with E-state index in [0.29, 0.717) is 12.1 Å². The average Bonchev–Trinajstić information content (AvgIpc) is 2.52. The summed E-state index contributed by atoms with van der Waals surface area (Å²) in [5.41, 5.74) is 3.27. The van der Waals surface area contributed by atoms with Gasteiger partial charge in [0.25, 0.3) is 0 Å². The van der Waals surface area contributed by atoms with E-state index in [1.165, 1.54) is 6.08 Å². The van der Waals surface area contributed by atoms with E-state index in [1.807, 2.05) is 62.4 Å². The van der Waals surface area contributed by atoms with Gasteiger partial charge in [0, 0.05) is 29.3 Å². The quantitative estimate of drug-likeness (QED) is 0.841. The van der Waals surface area contributed by atoms with Crippen LogP contribution in [0.4, 0.5) is 11.4 Å². The maximum atomic E-state index is 12.1. The van der Waals surface area contributed by atoms with E-state index < -0.39 is 0 Å². The lowest BCUT2D eigenvalue weighted by Crippen LogP contribution is -2.32. The second-order valence-electron chi connectivity index (χ2n) is 6.60. The molecule has 3 rings (SSSR count). The number of anilines is 2. The summed E-state index contributed by atoms with van der Waals surface area (Å²) < 4.78 is 0. The van der Waals surface area contributed by atoms with E-state index in [4.69, 9.17) is 0 Å². The molecule has 0 saturated heterocycles. The third-order valence-electron chi connectivity index (χ3n) is 4.12. The van der Waals surface area contributed by atoms with E-state index in [-0.39, 0.29) is 17.2 Å². The Morgan fingerprint density at radius 2 is 1.92 bits per heavy atom. The minimum absolute atomic E-state index is 0.0000463. The topological polar surface area (TPSA) is 58.2 Å². The zero-order valence-corrected chi connectivity index (χ0v) is 13.8. The SMILES string of the molecule is CC1(C)CC(=O)Nc2cc(NC(=O)/C=C/c3ccccc3)ccc21. The maximum Gasteiger partial charge on any atom is 0.248 e. The maximum absolute atomic E-state index is 12.1. The zero-order valence-electron chi connectivity index (χ0n) is 13.8. The Morgan fingerprint density at radius 1 is 1.17 bits per heavy atom. The first-order valence-electron chi connectivity index (χ1n) is 7.92. The fraction of sp³-hybridized carbons (Fsp3) is 0.200. The van der Waals surface area contributed by atoms with Crippen molar-refractivity contribution < 1.29 is 9.59 Å². The zero-order chi connectivity index (χ0) is 17.2. The predicted molar refractivity (Wildman–Crippen MR) is 96.8 cm³/mol. The van der Waals surface area contributed by atoms with Crippen LogP contribution >= 0.6 is 0 Å². The molecule has 2 aromatic rings. The van der Waals surface area contributed by atoms with Crippen molar-refractivity contribution in [3.63, 3.8) is 0 Å². The number of carbonyl (C=O) groups is 2. The summed E-state index contributed by atoms with van der Waals surface area (Å²) in [6, 6.07) is 15.3. The molecule has 1 aliphatic heterocycles. The summed E-state index contributed by atoms with van der Waals surface area (Å²) in [5.74, 6) is -0.208. The van der Waals surface area contributed by atoms with Gasteiger partial charge in [0.15, 0.2) is 0 Å². The molecule has 0 spiro atoms. The molecule has 1 aliphatic rings. The van der Waals surface area contributed by atoms with Crippen LogP contribution in [-0.2, 0) is 15.0 Å². The second-order valence-corrected chi connectivity index (χ2v) is 6.60. The molecule has 0 radical (unpaired) electrons. The minimum atomic E-state index is -0.208. The van der Waals surface area contributed by atoms with Crippen LogP contribution in [0, 0.1) is 0 Å². The van der Waals surface area contributed by atoms with Gasteiger partial charge in [-0.3, -0.25) is 9.59 Å². The van der Waals surface area contributed by atoms with Crippen molar-refractivity contribution >= 4 is 29.3 Å². The van der Waals surface area contributed by atoms with Crippen LogP contribution in [0.1, 0.15) is 31.4 Å². The molecule has 2 amide bonds. The number of amides is 2. The normalized spacial score (nSPS) is 15.7. The number of nitrogens with one attached hydrogen (secondary N) is 2. The summed E-state index contributed by atoms with van der Waals surface area (Å²) in [6.45, 7) is 4.09. The van der Waals surface area contributed by atoms with Crippen molar-refractivity contribution in [2.45, 2.75) is 25.7 Å². The first kappa shape index (κ1) is 16.0. The molecular formula is C20H20N2O2. The van der Waals surface area contributed by atoms with Crippen molar-refractivity contribution in [2.75, 3.05) is 10.6 Å². The lowest BCUT2D eigenvalue weighted by atomic mass is 9.78. The Morgan fingerprint density at radius 3 is 2.67 bits per heavy atom. The highest BCUT2D eigenvalue weighted by atomic mass is 16.2. The molecule has 4 heteroatoms. The Balaban J connectivity index is 1.75. The number of fused-ring (bicyclic) bond motifs is 1. The van der Waals surface area contributed by atoms with Gasteiger partial charge >= 0.3 is 0 Å². The summed E-state index contributed by atoms with van der Waals surface area (Å²) in [4.78, 5) is 23.9. The van der Waals surface area contributed by atoms with Crippen LogP contribution in [0.25, 0.3) is 6.08 Å². The Hall–Kier alpha value is -2.88. The highest BCUT2D eigenvalue weighted by Gasteiger charge is 2.31. The standard InChI is InChI=1S/C20H20N2O2/c1-20(2)13-19(24)22-17-12-15(9-10-16(17)20)21-18(23)11-8-14-6-4-3-5-7-14/h3-12H,13H2,1-2H3,(H,21,23)(H,22,24)/b11-8+. The highest BCUT2D eigenvalue weighted by Crippen LogP contribution is 2.38. The van der Waals surface area contributed by atoms with Gasteiger partial charge in [-0.15, -0.1) is 0 Å².